The maximum atomic E-state index is 12.5. The Morgan fingerprint density at radius 2 is 1.95 bits per heavy atom. The Balaban J connectivity index is 1.84. The normalized spacial score (nSPS) is 26.1. The van der Waals surface area contributed by atoms with Crippen LogP contribution in [0, 0.1) is 17.2 Å². The zero-order valence-electron chi connectivity index (χ0n) is 12.7. The van der Waals surface area contributed by atoms with Crippen molar-refractivity contribution in [2.75, 3.05) is 39.3 Å². The Morgan fingerprint density at radius 3 is 2.50 bits per heavy atom. The van der Waals surface area contributed by atoms with Crippen LogP contribution in [-0.4, -0.2) is 66.0 Å². The molecule has 2 atom stereocenters. The monoisotopic (exact) mass is 278 g/mol. The third kappa shape index (κ3) is 3.43. The van der Waals surface area contributed by atoms with Gasteiger partial charge in [0.1, 0.15) is 0 Å². The number of nitriles is 1. The number of rotatable bonds is 2. The van der Waals surface area contributed by atoms with E-state index >= 15 is 0 Å². The fraction of sp³-hybridized carbons (Fsp3) is 0.867. The number of likely N-dealkylation sites (tertiary alicyclic amines) is 1. The molecular formula is C15H26N4O. The van der Waals surface area contributed by atoms with Crippen LogP contribution >= 0.6 is 0 Å². The van der Waals surface area contributed by atoms with E-state index in [-0.39, 0.29) is 12.1 Å². The molecule has 0 aromatic rings. The van der Waals surface area contributed by atoms with Crippen LogP contribution in [0.25, 0.3) is 0 Å². The average Bonchev–Trinajstić information content (AvgIpc) is 2.48. The molecule has 2 amide bonds. The number of amides is 2. The second kappa shape index (κ2) is 6.94. The number of piperidine rings is 1. The molecule has 5 nitrogen and oxygen atoms in total. The minimum atomic E-state index is 0.00209. The molecule has 112 valence electrons. The molecule has 20 heavy (non-hydrogen) atoms. The van der Waals surface area contributed by atoms with Gasteiger partial charge in [0.2, 0.25) is 0 Å². The predicted octanol–water partition coefficient (Wildman–Crippen LogP) is 1.76. The Kier molecular flexibility index (Phi) is 5.24. The van der Waals surface area contributed by atoms with Crippen LogP contribution in [0.15, 0.2) is 0 Å². The summed E-state index contributed by atoms with van der Waals surface area (Å²) in [7, 11) is 0. The lowest BCUT2D eigenvalue weighted by Gasteiger charge is -2.40. The van der Waals surface area contributed by atoms with Crippen molar-refractivity contribution in [1.29, 1.82) is 5.26 Å². The molecule has 2 unspecified atom stereocenters. The van der Waals surface area contributed by atoms with Crippen molar-refractivity contribution in [1.82, 2.24) is 14.7 Å². The Labute approximate surface area is 122 Å². The van der Waals surface area contributed by atoms with Crippen molar-refractivity contribution in [3.63, 3.8) is 0 Å². The molecule has 0 saturated carbocycles. The van der Waals surface area contributed by atoms with Crippen molar-refractivity contribution < 1.29 is 4.79 Å². The van der Waals surface area contributed by atoms with Gasteiger partial charge in [0, 0.05) is 39.3 Å². The molecule has 2 saturated heterocycles. The minimum absolute atomic E-state index is 0.00209. The van der Waals surface area contributed by atoms with Crippen LogP contribution in [0.1, 0.15) is 33.1 Å². The Bertz CT molecular complexity index is 371. The third-order valence-corrected chi connectivity index (χ3v) is 4.49. The van der Waals surface area contributed by atoms with E-state index in [1.165, 1.54) is 6.42 Å². The van der Waals surface area contributed by atoms with Crippen LogP contribution in [0.5, 0.6) is 0 Å². The molecule has 2 rings (SSSR count). The standard InChI is InChI=1S/C15H26N4O/c1-3-14(11-16)17-7-9-18(10-8-17)15(20)19-6-4-5-13(2)12-19/h13-14H,3-10,12H2,1-2H3. The van der Waals surface area contributed by atoms with E-state index in [0.717, 1.165) is 52.1 Å². The lowest BCUT2D eigenvalue weighted by Crippen LogP contribution is -2.55. The number of carbonyl (C=O) groups excluding carboxylic acids is 1. The van der Waals surface area contributed by atoms with Crippen LogP contribution in [-0.2, 0) is 0 Å². The fourth-order valence-electron chi connectivity index (χ4n) is 3.22. The van der Waals surface area contributed by atoms with E-state index in [9.17, 15) is 4.79 Å². The predicted molar refractivity (Wildman–Crippen MR) is 78.2 cm³/mol. The van der Waals surface area contributed by atoms with Crippen molar-refractivity contribution in [2.24, 2.45) is 5.92 Å². The van der Waals surface area contributed by atoms with Gasteiger partial charge in [0.05, 0.1) is 12.1 Å². The maximum absolute atomic E-state index is 12.5. The second-order valence-electron chi connectivity index (χ2n) is 6.05. The lowest BCUT2D eigenvalue weighted by molar-refractivity contribution is 0.0914. The van der Waals surface area contributed by atoms with Crippen molar-refractivity contribution in [3.05, 3.63) is 0 Å². The van der Waals surface area contributed by atoms with Gasteiger partial charge in [-0.1, -0.05) is 13.8 Å². The molecule has 0 N–H and O–H groups in total. The quantitative estimate of drug-likeness (QED) is 0.773. The molecule has 0 aromatic carbocycles. The van der Waals surface area contributed by atoms with Crippen LogP contribution < -0.4 is 0 Å². The smallest absolute Gasteiger partial charge is 0.320 e. The number of urea groups is 1. The van der Waals surface area contributed by atoms with Gasteiger partial charge in [-0.15, -0.1) is 0 Å². The summed E-state index contributed by atoms with van der Waals surface area (Å²) in [5.41, 5.74) is 0. The van der Waals surface area contributed by atoms with Gasteiger partial charge in [0.15, 0.2) is 0 Å². The van der Waals surface area contributed by atoms with Gasteiger partial charge in [-0.05, 0) is 25.2 Å². The highest BCUT2D eigenvalue weighted by atomic mass is 16.2. The molecule has 0 aromatic heterocycles. The van der Waals surface area contributed by atoms with Gasteiger partial charge in [-0.3, -0.25) is 4.90 Å². The molecule has 0 radical (unpaired) electrons. The van der Waals surface area contributed by atoms with Crippen LogP contribution in [0.2, 0.25) is 0 Å². The minimum Gasteiger partial charge on any atom is -0.324 e. The molecule has 2 heterocycles. The zero-order valence-corrected chi connectivity index (χ0v) is 12.7. The van der Waals surface area contributed by atoms with E-state index in [1.54, 1.807) is 0 Å². The van der Waals surface area contributed by atoms with Gasteiger partial charge >= 0.3 is 6.03 Å². The van der Waals surface area contributed by atoms with Gasteiger partial charge < -0.3 is 9.80 Å². The number of nitrogens with zero attached hydrogens (tertiary/aromatic N) is 4. The molecule has 2 fully saturated rings. The molecule has 0 bridgehead atoms. The molecule has 5 heteroatoms. The van der Waals surface area contributed by atoms with Gasteiger partial charge in [-0.2, -0.15) is 5.26 Å². The maximum Gasteiger partial charge on any atom is 0.320 e. The van der Waals surface area contributed by atoms with E-state index in [1.807, 2.05) is 16.7 Å². The highest BCUT2D eigenvalue weighted by Gasteiger charge is 2.29. The van der Waals surface area contributed by atoms with Crippen molar-refractivity contribution in [3.8, 4) is 6.07 Å². The van der Waals surface area contributed by atoms with E-state index < -0.39 is 0 Å². The van der Waals surface area contributed by atoms with Crippen LogP contribution in [0.3, 0.4) is 0 Å². The summed E-state index contributed by atoms with van der Waals surface area (Å²) < 4.78 is 0. The summed E-state index contributed by atoms with van der Waals surface area (Å²) in [5.74, 6) is 0.622. The Morgan fingerprint density at radius 1 is 1.25 bits per heavy atom. The van der Waals surface area contributed by atoms with Crippen LogP contribution in [0.4, 0.5) is 4.79 Å². The lowest BCUT2D eigenvalue weighted by atomic mass is 10.0. The highest BCUT2D eigenvalue weighted by molar-refractivity contribution is 5.74. The molecular weight excluding hydrogens is 252 g/mol. The van der Waals surface area contributed by atoms with Gasteiger partial charge in [0.25, 0.3) is 0 Å². The first-order valence-electron chi connectivity index (χ1n) is 7.83. The van der Waals surface area contributed by atoms with Gasteiger partial charge in [-0.25, -0.2) is 4.79 Å². The van der Waals surface area contributed by atoms with E-state index in [4.69, 9.17) is 5.26 Å². The second-order valence-corrected chi connectivity index (χ2v) is 6.05. The number of hydrogen-bond donors (Lipinski definition) is 0. The largest absolute Gasteiger partial charge is 0.324 e. The van der Waals surface area contributed by atoms with Crippen molar-refractivity contribution >= 4 is 6.03 Å². The molecule has 2 aliphatic rings. The average molecular weight is 278 g/mol. The summed E-state index contributed by atoms with van der Waals surface area (Å²) >= 11 is 0. The molecule has 0 aliphatic carbocycles. The summed E-state index contributed by atoms with van der Waals surface area (Å²) in [6.45, 7) is 9.21. The van der Waals surface area contributed by atoms with E-state index in [0.29, 0.717) is 5.92 Å². The topological polar surface area (TPSA) is 50.6 Å². The zero-order chi connectivity index (χ0) is 14.5. The molecule has 0 spiro atoms. The third-order valence-electron chi connectivity index (χ3n) is 4.49. The number of piperazine rings is 1. The first-order valence-corrected chi connectivity index (χ1v) is 7.83. The molecule has 2 aliphatic heterocycles. The highest BCUT2D eigenvalue weighted by Crippen LogP contribution is 2.18. The fourth-order valence-corrected chi connectivity index (χ4v) is 3.22. The SMILES string of the molecule is CCC(C#N)N1CCN(C(=O)N2CCCC(C)C2)CC1. The number of hydrogen-bond acceptors (Lipinski definition) is 3. The van der Waals surface area contributed by atoms with Crippen molar-refractivity contribution in [2.45, 2.75) is 39.2 Å². The first-order chi connectivity index (χ1) is 9.65. The van der Waals surface area contributed by atoms with E-state index in [2.05, 4.69) is 17.9 Å². The summed E-state index contributed by atoms with van der Waals surface area (Å²) in [6.07, 6.45) is 3.21. The summed E-state index contributed by atoms with van der Waals surface area (Å²) in [6, 6.07) is 2.54. The number of carbonyl (C=O) groups is 1. The summed E-state index contributed by atoms with van der Waals surface area (Å²) in [5, 5.41) is 9.11. The summed E-state index contributed by atoms with van der Waals surface area (Å²) in [4.78, 5) is 18.6. The Hall–Kier alpha value is -1.28. The first kappa shape index (κ1) is 15.1.